The third-order valence-corrected chi connectivity index (χ3v) is 3.13. The van der Waals surface area contributed by atoms with E-state index >= 15 is 0 Å². The van der Waals surface area contributed by atoms with Crippen molar-refractivity contribution in [3.05, 3.63) is 34.7 Å². The van der Waals surface area contributed by atoms with E-state index in [4.69, 9.17) is 0 Å². The van der Waals surface area contributed by atoms with E-state index in [9.17, 15) is 4.79 Å². The molecule has 0 aromatic carbocycles. The molecule has 0 spiro atoms. The Morgan fingerprint density at radius 2 is 2.21 bits per heavy atom. The quantitative estimate of drug-likeness (QED) is 0.840. The second-order valence-corrected chi connectivity index (χ2v) is 4.83. The van der Waals surface area contributed by atoms with Gasteiger partial charge >= 0.3 is 0 Å². The minimum atomic E-state index is -0.233. The normalized spacial score (nSPS) is 10.2. The first kappa shape index (κ1) is 13.4. The van der Waals surface area contributed by atoms with Gasteiger partial charge in [0.15, 0.2) is 0 Å². The zero-order valence-corrected chi connectivity index (χ0v) is 11.4. The zero-order chi connectivity index (χ0) is 13.5. The fraction of sp³-hybridized carbons (Fsp3) is 0.333. The predicted molar refractivity (Wildman–Crippen MR) is 74.1 cm³/mol. The first-order chi connectivity index (χ1) is 9.29. The van der Waals surface area contributed by atoms with Gasteiger partial charge in [0, 0.05) is 17.6 Å². The standard InChI is InChI=1S/C12H15N5OS/c1-2-3-14-11-7-15-10(6-16-11)12(18)17-5-9-4-13-8-19-9/h4,6-8H,2-3,5H2,1H3,(H,14,16)(H,17,18). The summed E-state index contributed by atoms with van der Waals surface area (Å²) < 4.78 is 0. The number of amides is 1. The van der Waals surface area contributed by atoms with Gasteiger partial charge in [0.05, 0.1) is 24.4 Å². The number of nitrogens with one attached hydrogen (secondary N) is 2. The summed E-state index contributed by atoms with van der Waals surface area (Å²) in [7, 11) is 0. The molecule has 2 aromatic rings. The first-order valence-electron chi connectivity index (χ1n) is 6.01. The molecule has 2 rings (SSSR count). The van der Waals surface area contributed by atoms with Crippen molar-refractivity contribution in [3.63, 3.8) is 0 Å². The van der Waals surface area contributed by atoms with Crippen molar-refractivity contribution in [2.75, 3.05) is 11.9 Å². The van der Waals surface area contributed by atoms with Crippen molar-refractivity contribution in [2.24, 2.45) is 0 Å². The van der Waals surface area contributed by atoms with Gasteiger partial charge in [0.1, 0.15) is 11.5 Å². The third kappa shape index (κ3) is 3.99. The summed E-state index contributed by atoms with van der Waals surface area (Å²) >= 11 is 1.50. The van der Waals surface area contributed by atoms with E-state index < -0.39 is 0 Å². The van der Waals surface area contributed by atoms with Crippen LogP contribution in [0, 0.1) is 0 Å². The van der Waals surface area contributed by atoms with Gasteiger partial charge < -0.3 is 10.6 Å². The molecule has 2 heterocycles. The van der Waals surface area contributed by atoms with Crippen LogP contribution < -0.4 is 10.6 Å². The van der Waals surface area contributed by atoms with Gasteiger partial charge in [0.2, 0.25) is 0 Å². The van der Waals surface area contributed by atoms with Gasteiger partial charge in [-0.1, -0.05) is 6.92 Å². The lowest BCUT2D eigenvalue weighted by Crippen LogP contribution is -2.23. The van der Waals surface area contributed by atoms with Gasteiger partial charge in [-0.05, 0) is 6.42 Å². The van der Waals surface area contributed by atoms with Crippen LogP contribution in [0.15, 0.2) is 24.1 Å². The molecule has 0 bridgehead atoms. The molecular weight excluding hydrogens is 262 g/mol. The maximum Gasteiger partial charge on any atom is 0.271 e. The minimum absolute atomic E-state index is 0.233. The van der Waals surface area contributed by atoms with E-state index in [1.54, 1.807) is 17.9 Å². The van der Waals surface area contributed by atoms with Crippen LogP contribution >= 0.6 is 11.3 Å². The lowest BCUT2D eigenvalue weighted by molar-refractivity contribution is 0.0946. The highest BCUT2D eigenvalue weighted by Crippen LogP contribution is 2.05. The molecule has 7 heteroatoms. The second-order valence-electron chi connectivity index (χ2n) is 3.86. The fourth-order valence-electron chi connectivity index (χ4n) is 1.38. The first-order valence-corrected chi connectivity index (χ1v) is 6.89. The molecule has 0 radical (unpaired) electrons. The van der Waals surface area contributed by atoms with Gasteiger partial charge in [-0.15, -0.1) is 11.3 Å². The Labute approximate surface area is 115 Å². The molecule has 0 unspecified atom stereocenters. The summed E-state index contributed by atoms with van der Waals surface area (Å²) in [5, 5.41) is 5.88. The highest BCUT2D eigenvalue weighted by Gasteiger charge is 2.07. The van der Waals surface area contributed by atoms with Crippen molar-refractivity contribution >= 4 is 23.1 Å². The SMILES string of the molecule is CCCNc1cnc(C(=O)NCc2cncs2)cn1. The molecule has 0 saturated carbocycles. The highest BCUT2D eigenvalue weighted by molar-refractivity contribution is 7.09. The molecule has 0 saturated heterocycles. The maximum atomic E-state index is 11.8. The third-order valence-electron chi connectivity index (χ3n) is 2.35. The van der Waals surface area contributed by atoms with Crippen LogP contribution in [0.4, 0.5) is 5.82 Å². The van der Waals surface area contributed by atoms with Crippen molar-refractivity contribution in [1.82, 2.24) is 20.3 Å². The molecular formula is C12H15N5OS. The van der Waals surface area contributed by atoms with Gasteiger partial charge in [-0.2, -0.15) is 0 Å². The summed E-state index contributed by atoms with van der Waals surface area (Å²) in [6.07, 6.45) is 5.78. The number of thiazole rings is 1. The summed E-state index contributed by atoms with van der Waals surface area (Å²) in [5.74, 6) is 0.448. The lowest BCUT2D eigenvalue weighted by Gasteiger charge is -2.05. The maximum absolute atomic E-state index is 11.8. The largest absolute Gasteiger partial charge is 0.369 e. The van der Waals surface area contributed by atoms with Gasteiger partial charge in [0.25, 0.3) is 5.91 Å². The van der Waals surface area contributed by atoms with Crippen LogP contribution in [0.5, 0.6) is 0 Å². The molecule has 0 atom stereocenters. The zero-order valence-electron chi connectivity index (χ0n) is 10.6. The average molecular weight is 277 g/mol. The van der Waals surface area contributed by atoms with E-state index in [1.165, 1.54) is 17.5 Å². The Hall–Kier alpha value is -2.02. The summed E-state index contributed by atoms with van der Waals surface area (Å²) in [6, 6.07) is 0. The lowest BCUT2D eigenvalue weighted by atomic mass is 10.4. The molecule has 2 N–H and O–H groups in total. The van der Waals surface area contributed by atoms with E-state index in [1.807, 2.05) is 0 Å². The number of rotatable bonds is 6. The number of carbonyl (C=O) groups is 1. The Bertz CT molecular complexity index is 511. The van der Waals surface area contributed by atoms with Crippen LogP contribution in [0.1, 0.15) is 28.7 Å². The average Bonchev–Trinajstić information content (AvgIpc) is 2.96. The number of hydrogen-bond donors (Lipinski definition) is 2. The van der Waals surface area contributed by atoms with E-state index in [0.717, 1.165) is 17.8 Å². The second kappa shape index (κ2) is 6.79. The van der Waals surface area contributed by atoms with Crippen molar-refractivity contribution in [2.45, 2.75) is 19.9 Å². The predicted octanol–water partition coefficient (Wildman–Crippen LogP) is 1.68. The number of aromatic nitrogens is 3. The number of anilines is 1. The molecule has 0 aliphatic rings. The molecule has 0 aliphatic carbocycles. The van der Waals surface area contributed by atoms with Gasteiger partial charge in [-0.25, -0.2) is 9.97 Å². The van der Waals surface area contributed by atoms with Crippen LogP contribution in [-0.4, -0.2) is 27.4 Å². The molecule has 6 nitrogen and oxygen atoms in total. The molecule has 2 aromatic heterocycles. The fourth-order valence-corrected chi connectivity index (χ4v) is 1.91. The van der Waals surface area contributed by atoms with Crippen molar-refractivity contribution < 1.29 is 4.79 Å². The van der Waals surface area contributed by atoms with Crippen molar-refractivity contribution in [3.8, 4) is 0 Å². The molecule has 0 aliphatic heterocycles. The highest BCUT2D eigenvalue weighted by atomic mass is 32.1. The number of carbonyl (C=O) groups excluding carboxylic acids is 1. The number of hydrogen-bond acceptors (Lipinski definition) is 6. The van der Waals surface area contributed by atoms with Crippen LogP contribution in [-0.2, 0) is 6.54 Å². The molecule has 100 valence electrons. The Kier molecular flexibility index (Phi) is 4.79. The monoisotopic (exact) mass is 277 g/mol. The summed E-state index contributed by atoms with van der Waals surface area (Å²) in [6.45, 7) is 3.37. The van der Waals surface area contributed by atoms with E-state index in [-0.39, 0.29) is 5.91 Å². The molecule has 0 fully saturated rings. The van der Waals surface area contributed by atoms with Crippen LogP contribution in [0.3, 0.4) is 0 Å². The topological polar surface area (TPSA) is 79.8 Å². The van der Waals surface area contributed by atoms with Crippen LogP contribution in [0.2, 0.25) is 0 Å². The Balaban J connectivity index is 1.88. The Morgan fingerprint density at radius 1 is 1.32 bits per heavy atom. The van der Waals surface area contributed by atoms with E-state index in [0.29, 0.717) is 18.1 Å². The van der Waals surface area contributed by atoms with Crippen molar-refractivity contribution in [1.29, 1.82) is 0 Å². The molecule has 1 amide bonds. The molecule has 19 heavy (non-hydrogen) atoms. The van der Waals surface area contributed by atoms with Gasteiger partial charge in [-0.3, -0.25) is 9.78 Å². The number of nitrogens with zero attached hydrogens (tertiary/aromatic N) is 3. The van der Waals surface area contributed by atoms with Crippen LogP contribution in [0.25, 0.3) is 0 Å². The smallest absolute Gasteiger partial charge is 0.271 e. The minimum Gasteiger partial charge on any atom is -0.369 e. The summed E-state index contributed by atoms with van der Waals surface area (Å²) in [4.78, 5) is 25.0. The van der Waals surface area contributed by atoms with E-state index in [2.05, 4.69) is 32.5 Å². The Morgan fingerprint density at radius 3 is 2.84 bits per heavy atom. The summed E-state index contributed by atoms with van der Waals surface area (Å²) in [5.41, 5.74) is 2.04.